The van der Waals surface area contributed by atoms with Gasteiger partial charge in [0.05, 0.1) is 13.2 Å². The first kappa shape index (κ1) is 21.5. The van der Waals surface area contributed by atoms with Crippen LogP contribution in [-0.4, -0.2) is 62.6 Å². The van der Waals surface area contributed by atoms with Crippen LogP contribution in [0.4, 0.5) is 5.82 Å². The van der Waals surface area contributed by atoms with E-state index in [2.05, 4.69) is 34.5 Å². The number of hydrogen-bond donors (Lipinski definition) is 1. The zero-order chi connectivity index (χ0) is 21.8. The van der Waals surface area contributed by atoms with E-state index in [0.717, 1.165) is 94.6 Å². The van der Waals surface area contributed by atoms with Gasteiger partial charge in [0, 0.05) is 43.6 Å². The second kappa shape index (κ2) is 10.0. The molecule has 5 rings (SSSR count). The van der Waals surface area contributed by atoms with Crippen LogP contribution < -0.4 is 15.0 Å². The van der Waals surface area contributed by atoms with Crippen molar-refractivity contribution in [3.05, 3.63) is 30.3 Å². The third kappa shape index (κ3) is 4.99. The lowest BCUT2D eigenvalue weighted by Crippen LogP contribution is -2.43. The maximum atomic E-state index is 12.7. The molecule has 0 unspecified atom stereocenters. The summed E-state index contributed by atoms with van der Waals surface area (Å²) in [6.07, 6.45) is 5.41. The van der Waals surface area contributed by atoms with Crippen LogP contribution in [0.15, 0.2) is 30.3 Å². The van der Waals surface area contributed by atoms with Gasteiger partial charge in [0.15, 0.2) is 0 Å². The largest absolute Gasteiger partial charge is 0.474 e. The number of nitrogens with one attached hydrogen (secondary N) is 1. The fraction of sp³-hybridized carbons (Fsp3) is 0.600. The van der Waals surface area contributed by atoms with Gasteiger partial charge in [-0.1, -0.05) is 18.2 Å². The Hall–Kier alpha value is -2.38. The standard InChI is InChI=1S/C25H33N3O4/c29-24(26-20-9-13-30-14-10-20)18-5-7-21(8-6-18)32-25-22-4-2-1-3-19(22)17-23(27-25)28-11-15-31-16-12-28/h1-4,17-18,20-21H,5-16H2,(H,26,29)/t18-,21+. The Balaban J connectivity index is 1.23. The number of amides is 1. The van der Waals surface area contributed by atoms with Gasteiger partial charge >= 0.3 is 0 Å². The lowest BCUT2D eigenvalue weighted by atomic mass is 9.86. The molecule has 7 heteroatoms. The zero-order valence-electron chi connectivity index (χ0n) is 18.6. The van der Waals surface area contributed by atoms with E-state index in [0.29, 0.717) is 5.88 Å². The summed E-state index contributed by atoms with van der Waals surface area (Å²) in [4.78, 5) is 19.9. The average molecular weight is 440 g/mol. The van der Waals surface area contributed by atoms with Gasteiger partial charge in [-0.15, -0.1) is 0 Å². The molecule has 2 saturated heterocycles. The van der Waals surface area contributed by atoms with E-state index in [9.17, 15) is 4.79 Å². The number of hydrogen-bond acceptors (Lipinski definition) is 6. The number of morpholine rings is 1. The van der Waals surface area contributed by atoms with Crippen LogP contribution in [0.2, 0.25) is 0 Å². The molecule has 0 bridgehead atoms. The molecule has 1 N–H and O–H groups in total. The first-order valence-electron chi connectivity index (χ1n) is 12.0. The number of rotatable bonds is 5. The zero-order valence-corrected chi connectivity index (χ0v) is 18.6. The second-order valence-electron chi connectivity index (χ2n) is 9.09. The van der Waals surface area contributed by atoms with E-state index >= 15 is 0 Å². The van der Waals surface area contributed by atoms with Crippen molar-refractivity contribution in [2.45, 2.75) is 50.7 Å². The molecule has 1 aliphatic carbocycles. The van der Waals surface area contributed by atoms with Crippen molar-refractivity contribution >= 4 is 22.5 Å². The maximum Gasteiger partial charge on any atom is 0.223 e. The summed E-state index contributed by atoms with van der Waals surface area (Å²) >= 11 is 0. The van der Waals surface area contributed by atoms with Crippen molar-refractivity contribution in [1.29, 1.82) is 0 Å². The molecule has 0 atom stereocenters. The summed E-state index contributed by atoms with van der Waals surface area (Å²) in [5, 5.41) is 5.42. The van der Waals surface area contributed by atoms with Gasteiger partial charge in [0.1, 0.15) is 11.9 Å². The van der Waals surface area contributed by atoms with Crippen LogP contribution in [0.25, 0.3) is 10.8 Å². The first-order chi connectivity index (χ1) is 15.8. The highest BCUT2D eigenvalue weighted by atomic mass is 16.5. The second-order valence-corrected chi connectivity index (χ2v) is 9.09. The Morgan fingerprint density at radius 1 is 0.969 bits per heavy atom. The van der Waals surface area contributed by atoms with Crippen molar-refractivity contribution in [1.82, 2.24) is 10.3 Å². The number of carbonyl (C=O) groups is 1. The molecule has 7 nitrogen and oxygen atoms in total. The molecule has 172 valence electrons. The number of fused-ring (bicyclic) bond motifs is 1. The Kier molecular flexibility index (Phi) is 6.74. The molecule has 32 heavy (non-hydrogen) atoms. The highest BCUT2D eigenvalue weighted by molar-refractivity contribution is 5.89. The molecule has 1 aromatic carbocycles. The third-order valence-electron chi connectivity index (χ3n) is 6.92. The van der Waals surface area contributed by atoms with Crippen LogP contribution in [-0.2, 0) is 14.3 Å². The smallest absolute Gasteiger partial charge is 0.223 e. The minimum Gasteiger partial charge on any atom is -0.474 e. The maximum absolute atomic E-state index is 12.7. The summed E-state index contributed by atoms with van der Waals surface area (Å²) in [6.45, 7) is 4.64. The first-order valence-corrected chi connectivity index (χ1v) is 12.0. The molecule has 0 radical (unpaired) electrons. The molecular formula is C25H33N3O4. The van der Waals surface area contributed by atoms with Crippen LogP contribution in [0.5, 0.6) is 5.88 Å². The van der Waals surface area contributed by atoms with Gasteiger partial charge < -0.3 is 24.4 Å². The van der Waals surface area contributed by atoms with E-state index < -0.39 is 0 Å². The number of nitrogens with zero attached hydrogens (tertiary/aromatic N) is 2. The quantitative estimate of drug-likeness (QED) is 0.771. The van der Waals surface area contributed by atoms with Crippen molar-refractivity contribution in [2.24, 2.45) is 5.92 Å². The summed E-state index contributed by atoms with van der Waals surface area (Å²) < 4.78 is 17.4. The topological polar surface area (TPSA) is 72.9 Å². The fourth-order valence-corrected chi connectivity index (χ4v) is 4.96. The van der Waals surface area contributed by atoms with Crippen molar-refractivity contribution in [3.8, 4) is 5.88 Å². The van der Waals surface area contributed by atoms with Gasteiger partial charge in [0.25, 0.3) is 0 Å². The SMILES string of the molecule is O=C(NC1CCOCC1)[C@H]1CC[C@@H](Oc2nc(N3CCOCC3)cc3ccccc23)CC1. The summed E-state index contributed by atoms with van der Waals surface area (Å²) in [7, 11) is 0. The molecule has 3 heterocycles. The number of pyridine rings is 1. The molecule has 0 spiro atoms. The van der Waals surface area contributed by atoms with Crippen molar-refractivity contribution < 1.29 is 19.0 Å². The molecule has 3 aliphatic rings. The van der Waals surface area contributed by atoms with Gasteiger partial charge in [-0.2, -0.15) is 4.98 Å². The molecule has 3 fully saturated rings. The van der Waals surface area contributed by atoms with Crippen LogP contribution >= 0.6 is 0 Å². The summed E-state index contributed by atoms with van der Waals surface area (Å²) in [5.41, 5.74) is 0. The van der Waals surface area contributed by atoms with Crippen LogP contribution in [0.1, 0.15) is 38.5 Å². The lowest BCUT2D eigenvalue weighted by molar-refractivity contribution is -0.127. The summed E-state index contributed by atoms with van der Waals surface area (Å²) in [6, 6.07) is 10.7. The predicted molar refractivity (Wildman–Crippen MR) is 123 cm³/mol. The molecular weight excluding hydrogens is 406 g/mol. The van der Waals surface area contributed by atoms with E-state index in [-0.39, 0.29) is 24.0 Å². The Morgan fingerprint density at radius 2 is 1.69 bits per heavy atom. The third-order valence-corrected chi connectivity index (χ3v) is 6.92. The average Bonchev–Trinajstić information content (AvgIpc) is 2.85. The van der Waals surface area contributed by atoms with E-state index in [1.165, 1.54) is 0 Å². The Bertz CT molecular complexity index is 917. The molecule has 1 saturated carbocycles. The monoisotopic (exact) mass is 439 g/mol. The number of ether oxygens (including phenoxy) is 3. The van der Waals surface area contributed by atoms with E-state index in [1.54, 1.807) is 0 Å². The minimum absolute atomic E-state index is 0.0853. The number of aromatic nitrogens is 1. The minimum atomic E-state index is 0.0853. The number of carbonyl (C=O) groups excluding carboxylic acids is 1. The summed E-state index contributed by atoms with van der Waals surface area (Å²) in [5.74, 6) is 1.95. The molecule has 1 amide bonds. The van der Waals surface area contributed by atoms with Gasteiger partial charge in [-0.25, -0.2) is 0 Å². The highest BCUT2D eigenvalue weighted by Gasteiger charge is 2.29. The molecule has 2 aromatic rings. The highest BCUT2D eigenvalue weighted by Crippen LogP contribution is 2.33. The van der Waals surface area contributed by atoms with Crippen molar-refractivity contribution in [3.63, 3.8) is 0 Å². The van der Waals surface area contributed by atoms with Crippen LogP contribution in [0.3, 0.4) is 0 Å². The predicted octanol–water partition coefficient (Wildman–Crippen LogP) is 3.30. The van der Waals surface area contributed by atoms with Crippen molar-refractivity contribution in [2.75, 3.05) is 44.4 Å². The Morgan fingerprint density at radius 3 is 2.47 bits per heavy atom. The molecule has 1 aromatic heterocycles. The Labute approximate surface area is 189 Å². The fourth-order valence-electron chi connectivity index (χ4n) is 4.96. The van der Waals surface area contributed by atoms with Crippen LogP contribution in [0, 0.1) is 5.92 Å². The van der Waals surface area contributed by atoms with E-state index in [1.807, 2.05) is 6.07 Å². The number of anilines is 1. The van der Waals surface area contributed by atoms with Gasteiger partial charge in [0.2, 0.25) is 11.8 Å². The van der Waals surface area contributed by atoms with Gasteiger partial charge in [-0.3, -0.25) is 4.79 Å². The number of benzene rings is 1. The lowest BCUT2D eigenvalue weighted by Gasteiger charge is -2.31. The molecule has 2 aliphatic heterocycles. The van der Waals surface area contributed by atoms with E-state index in [4.69, 9.17) is 19.2 Å². The van der Waals surface area contributed by atoms with Gasteiger partial charge in [-0.05, 0) is 56.0 Å². The normalized spacial score (nSPS) is 24.9.